The summed E-state index contributed by atoms with van der Waals surface area (Å²) in [6.45, 7) is 1.14. The highest BCUT2D eigenvalue weighted by Crippen LogP contribution is 2.33. The average Bonchev–Trinajstić information content (AvgIpc) is 2.68. The fraction of sp³-hybridized carbons (Fsp3) is 0.294. The Balaban J connectivity index is 2.62. The van der Waals surface area contributed by atoms with Crippen LogP contribution in [0.1, 0.15) is 17.5 Å². The van der Waals surface area contributed by atoms with Crippen LogP contribution in [0.25, 0.3) is 0 Å². The van der Waals surface area contributed by atoms with E-state index >= 15 is 0 Å². The van der Waals surface area contributed by atoms with E-state index in [2.05, 4.69) is 10.2 Å². The number of benzene rings is 1. The molecule has 2 N–H and O–H groups in total. The van der Waals surface area contributed by atoms with E-state index in [1.807, 2.05) is 0 Å². The minimum atomic E-state index is -0.734. The van der Waals surface area contributed by atoms with Crippen LogP contribution in [-0.2, 0) is 6.54 Å². The molecule has 11 heteroatoms. The van der Waals surface area contributed by atoms with E-state index in [1.165, 1.54) is 26.2 Å². The van der Waals surface area contributed by atoms with Gasteiger partial charge in [-0.05, 0) is 25.5 Å². The van der Waals surface area contributed by atoms with Gasteiger partial charge in [0.2, 0.25) is 5.88 Å². The minimum Gasteiger partial charge on any atom is -0.496 e. The number of nitro benzene ring substituents is 1. The summed E-state index contributed by atoms with van der Waals surface area (Å²) in [6.07, 6.45) is 0.169. The Morgan fingerprint density at radius 2 is 2.11 bits per heavy atom. The molecule has 0 aliphatic carbocycles. The van der Waals surface area contributed by atoms with E-state index in [9.17, 15) is 25.3 Å². The van der Waals surface area contributed by atoms with Crippen LogP contribution in [0.5, 0.6) is 11.6 Å². The summed E-state index contributed by atoms with van der Waals surface area (Å²) in [4.78, 5) is 23.2. The molecule has 0 unspecified atom stereocenters. The molecule has 0 radical (unpaired) electrons. The number of rotatable bonds is 7. The summed E-state index contributed by atoms with van der Waals surface area (Å²) in [5, 5.41) is 47.2. The topological polar surface area (TPSA) is 163 Å². The normalized spacial score (nSPS) is 10.8. The lowest BCUT2D eigenvalue weighted by Gasteiger charge is -2.12. The van der Waals surface area contributed by atoms with Crippen molar-refractivity contribution in [3.8, 4) is 17.7 Å². The molecule has 0 amide bonds. The molecule has 0 bridgehead atoms. The van der Waals surface area contributed by atoms with Gasteiger partial charge in [0.15, 0.2) is 11.4 Å². The van der Waals surface area contributed by atoms with E-state index < -0.39 is 16.4 Å². The van der Waals surface area contributed by atoms with Gasteiger partial charge in [-0.2, -0.15) is 5.26 Å². The third kappa shape index (κ3) is 3.97. The number of hydrogen-bond acceptors (Lipinski definition) is 9. The molecule has 2 aromatic rings. The van der Waals surface area contributed by atoms with E-state index in [0.717, 1.165) is 10.6 Å². The van der Waals surface area contributed by atoms with Gasteiger partial charge in [0.1, 0.15) is 17.4 Å². The zero-order chi connectivity index (χ0) is 20.8. The fourth-order valence-electron chi connectivity index (χ4n) is 2.46. The number of methoxy groups -OCH3 is 1. The summed E-state index contributed by atoms with van der Waals surface area (Å²) < 4.78 is 5.84. The van der Waals surface area contributed by atoms with Gasteiger partial charge in [-0.15, -0.1) is 10.2 Å². The van der Waals surface area contributed by atoms with Crippen LogP contribution in [0.3, 0.4) is 0 Å². The standard InChI is InChI=1S/C17H17N5O6/c1-10-12(9-18)16(24)21(6-3-7-23)17(25)15(10)20-19-13-5-4-11(28-2)8-14(13)22(26)27/h4-5,8,23-24H,3,6-7H2,1-2H3. The second-order valence-corrected chi connectivity index (χ2v) is 5.63. The molecule has 28 heavy (non-hydrogen) atoms. The van der Waals surface area contributed by atoms with Gasteiger partial charge >= 0.3 is 0 Å². The first-order valence-electron chi connectivity index (χ1n) is 8.07. The molecule has 0 aliphatic heterocycles. The second kappa shape index (κ2) is 8.74. The van der Waals surface area contributed by atoms with Gasteiger partial charge in [0, 0.05) is 18.7 Å². The van der Waals surface area contributed by atoms with Crippen molar-refractivity contribution in [2.24, 2.45) is 10.2 Å². The number of aliphatic hydroxyl groups is 1. The zero-order valence-electron chi connectivity index (χ0n) is 15.1. The minimum absolute atomic E-state index is 0.0403. The maximum atomic E-state index is 12.6. The highest BCUT2D eigenvalue weighted by atomic mass is 16.6. The molecule has 146 valence electrons. The third-order valence-electron chi connectivity index (χ3n) is 3.95. The molecule has 0 fully saturated rings. The predicted octanol–water partition coefficient (Wildman–Crippen LogP) is 2.45. The van der Waals surface area contributed by atoms with Crippen molar-refractivity contribution in [1.82, 2.24) is 4.57 Å². The molecule has 1 aromatic heterocycles. The maximum Gasteiger partial charge on any atom is 0.300 e. The first-order chi connectivity index (χ1) is 13.3. The summed E-state index contributed by atoms with van der Waals surface area (Å²) in [5.41, 5.74) is -1.54. The van der Waals surface area contributed by atoms with E-state index in [-0.39, 0.29) is 53.5 Å². The number of ether oxygens (including phenoxy) is 1. The number of aromatic nitrogens is 1. The number of aliphatic hydroxyl groups excluding tert-OH is 1. The Labute approximate surface area is 158 Å². The summed E-state index contributed by atoms with van der Waals surface area (Å²) >= 11 is 0. The lowest BCUT2D eigenvalue weighted by atomic mass is 10.1. The van der Waals surface area contributed by atoms with Gasteiger partial charge in [-0.3, -0.25) is 19.5 Å². The van der Waals surface area contributed by atoms with Crippen LogP contribution in [0.15, 0.2) is 33.2 Å². The molecule has 0 aliphatic rings. The number of nitriles is 1. The van der Waals surface area contributed by atoms with Crippen molar-refractivity contribution in [2.75, 3.05) is 13.7 Å². The zero-order valence-corrected chi connectivity index (χ0v) is 15.1. The van der Waals surface area contributed by atoms with Gasteiger partial charge in [-0.25, -0.2) is 0 Å². The lowest BCUT2D eigenvalue weighted by Crippen LogP contribution is -2.22. The number of nitrogens with zero attached hydrogens (tertiary/aromatic N) is 5. The lowest BCUT2D eigenvalue weighted by molar-refractivity contribution is -0.384. The highest BCUT2D eigenvalue weighted by molar-refractivity contribution is 5.61. The van der Waals surface area contributed by atoms with Crippen LogP contribution in [0.2, 0.25) is 0 Å². The quantitative estimate of drug-likeness (QED) is 0.418. The van der Waals surface area contributed by atoms with E-state index in [4.69, 9.17) is 9.84 Å². The van der Waals surface area contributed by atoms with Crippen LogP contribution < -0.4 is 10.3 Å². The van der Waals surface area contributed by atoms with Gasteiger partial charge in [-0.1, -0.05) is 0 Å². The Morgan fingerprint density at radius 1 is 1.39 bits per heavy atom. The molecule has 0 atom stereocenters. The fourth-order valence-corrected chi connectivity index (χ4v) is 2.46. The molecule has 11 nitrogen and oxygen atoms in total. The Morgan fingerprint density at radius 3 is 2.68 bits per heavy atom. The molecule has 1 aromatic carbocycles. The first-order valence-corrected chi connectivity index (χ1v) is 8.07. The van der Waals surface area contributed by atoms with Crippen molar-refractivity contribution in [3.05, 3.63) is 49.8 Å². The molecule has 0 saturated carbocycles. The maximum absolute atomic E-state index is 12.6. The van der Waals surface area contributed by atoms with Crippen LogP contribution in [-0.4, -0.2) is 33.4 Å². The average molecular weight is 387 g/mol. The molecular formula is C17H17N5O6. The summed E-state index contributed by atoms with van der Waals surface area (Å²) in [6, 6.07) is 5.72. The molecule has 0 spiro atoms. The summed E-state index contributed by atoms with van der Waals surface area (Å²) in [5.74, 6) is -0.280. The Bertz CT molecular complexity index is 1040. The summed E-state index contributed by atoms with van der Waals surface area (Å²) in [7, 11) is 1.36. The second-order valence-electron chi connectivity index (χ2n) is 5.63. The van der Waals surface area contributed by atoms with Crippen molar-refractivity contribution in [1.29, 1.82) is 5.26 Å². The SMILES string of the molecule is COc1ccc(N=Nc2c(C)c(C#N)c(O)n(CCCO)c2=O)c([N+](=O)[O-])c1. The number of hydrogen-bond donors (Lipinski definition) is 2. The molecular weight excluding hydrogens is 370 g/mol. The van der Waals surface area contributed by atoms with Crippen molar-refractivity contribution < 1.29 is 19.9 Å². The molecule has 1 heterocycles. The first kappa shape index (κ1) is 20.5. The van der Waals surface area contributed by atoms with Gasteiger partial charge in [0.05, 0.1) is 18.1 Å². The van der Waals surface area contributed by atoms with Crippen LogP contribution in [0.4, 0.5) is 17.1 Å². The van der Waals surface area contributed by atoms with E-state index in [0.29, 0.717) is 0 Å². The van der Waals surface area contributed by atoms with Crippen LogP contribution >= 0.6 is 0 Å². The third-order valence-corrected chi connectivity index (χ3v) is 3.95. The predicted molar refractivity (Wildman–Crippen MR) is 97.3 cm³/mol. The van der Waals surface area contributed by atoms with E-state index in [1.54, 1.807) is 6.07 Å². The Hall–Kier alpha value is -3.78. The largest absolute Gasteiger partial charge is 0.496 e. The molecule has 0 saturated heterocycles. The van der Waals surface area contributed by atoms with Crippen LogP contribution in [0, 0.1) is 28.4 Å². The van der Waals surface area contributed by atoms with Crippen molar-refractivity contribution in [3.63, 3.8) is 0 Å². The van der Waals surface area contributed by atoms with Gasteiger partial charge in [0.25, 0.3) is 11.2 Å². The molecule has 2 rings (SSSR count). The number of aromatic hydroxyl groups is 1. The van der Waals surface area contributed by atoms with Crippen molar-refractivity contribution in [2.45, 2.75) is 19.9 Å². The Kier molecular flexibility index (Phi) is 6.41. The highest BCUT2D eigenvalue weighted by Gasteiger charge is 2.20. The van der Waals surface area contributed by atoms with Gasteiger partial charge < -0.3 is 14.9 Å². The number of azo groups is 1. The smallest absolute Gasteiger partial charge is 0.300 e. The monoisotopic (exact) mass is 387 g/mol. The number of pyridine rings is 1. The van der Waals surface area contributed by atoms with Crippen molar-refractivity contribution >= 4 is 17.1 Å². The number of nitro groups is 1.